The molecule has 1 aliphatic heterocycles. The van der Waals surface area contributed by atoms with Crippen molar-refractivity contribution in [3.05, 3.63) is 72.2 Å². The fourth-order valence-corrected chi connectivity index (χ4v) is 4.51. The van der Waals surface area contributed by atoms with Crippen molar-refractivity contribution in [2.45, 2.75) is 39.3 Å². The van der Waals surface area contributed by atoms with Gasteiger partial charge in [-0.3, -0.25) is 20.0 Å². The Bertz CT molecular complexity index is 1420. The second-order valence-electron chi connectivity index (χ2n) is 11.4. The van der Waals surface area contributed by atoms with E-state index in [0.29, 0.717) is 42.7 Å². The molecule has 0 saturated carbocycles. The van der Waals surface area contributed by atoms with Crippen LogP contribution in [0.15, 0.2) is 60.9 Å². The molecule has 4 amide bonds. The van der Waals surface area contributed by atoms with Gasteiger partial charge in [0.1, 0.15) is 11.3 Å². The quantitative estimate of drug-likeness (QED) is 0.274. The van der Waals surface area contributed by atoms with Gasteiger partial charge in [-0.1, -0.05) is 18.2 Å². The van der Waals surface area contributed by atoms with Crippen molar-refractivity contribution in [2.24, 2.45) is 0 Å². The van der Waals surface area contributed by atoms with E-state index >= 15 is 0 Å². The number of para-hydroxylation sites is 2. The third-order valence-electron chi connectivity index (χ3n) is 6.73. The Labute approximate surface area is 263 Å². The van der Waals surface area contributed by atoms with E-state index in [9.17, 15) is 14.4 Å². The lowest BCUT2D eigenvalue weighted by atomic mass is 10.2. The number of morpholine rings is 1. The number of anilines is 3. The number of nitrogens with zero attached hydrogens (tertiary/aromatic N) is 4. The standard InChI is InChI=1S/C32H41N7O6/c1-32(2,3)45-31(42)37-26-9-6-5-8-25(26)36-29(40)27-12-10-23(20-33-27)22-39(15-7-14-38-16-18-44-19-17-38)30(41)35-24-11-13-28(43-4)34-21-24/h5-6,8-13,20-21H,7,14-19,22H2,1-4H3,(H,35,41)(H,36,40)(H,37,42). The number of pyridine rings is 2. The molecule has 0 bridgehead atoms. The number of aromatic nitrogens is 2. The van der Waals surface area contributed by atoms with Crippen LogP contribution in [0.25, 0.3) is 0 Å². The summed E-state index contributed by atoms with van der Waals surface area (Å²) >= 11 is 0. The molecule has 3 N–H and O–H groups in total. The zero-order valence-electron chi connectivity index (χ0n) is 26.2. The van der Waals surface area contributed by atoms with Crippen LogP contribution in [-0.2, 0) is 16.0 Å². The van der Waals surface area contributed by atoms with Crippen molar-refractivity contribution < 1.29 is 28.6 Å². The number of carbonyl (C=O) groups excluding carboxylic acids is 3. The number of hydrogen-bond acceptors (Lipinski definition) is 9. The molecule has 3 heterocycles. The molecule has 2 aromatic heterocycles. The van der Waals surface area contributed by atoms with E-state index in [0.717, 1.165) is 31.6 Å². The summed E-state index contributed by atoms with van der Waals surface area (Å²) in [7, 11) is 1.53. The second-order valence-corrected chi connectivity index (χ2v) is 11.4. The summed E-state index contributed by atoms with van der Waals surface area (Å²) in [5.74, 6) is 0.000430. The molecule has 0 aliphatic carbocycles. The van der Waals surface area contributed by atoms with Crippen molar-refractivity contribution in [1.29, 1.82) is 0 Å². The van der Waals surface area contributed by atoms with Gasteiger partial charge in [0.05, 0.1) is 43.6 Å². The monoisotopic (exact) mass is 619 g/mol. The number of ether oxygens (including phenoxy) is 3. The predicted molar refractivity (Wildman–Crippen MR) is 171 cm³/mol. The van der Waals surface area contributed by atoms with Gasteiger partial charge in [0.15, 0.2) is 0 Å². The van der Waals surface area contributed by atoms with Gasteiger partial charge >= 0.3 is 12.1 Å². The molecular weight excluding hydrogens is 578 g/mol. The van der Waals surface area contributed by atoms with Gasteiger partial charge in [-0.15, -0.1) is 0 Å². The maximum absolute atomic E-state index is 13.3. The van der Waals surface area contributed by atoms with Crippen molar-refractivity contribution in [2.75, 3.05) is 62.5 Å². The first-order chi connectivity index (χ1) is 21.6. The minimum Gasteiger partial charge on any atom is -0.481 e. The zero-order valence-corrected chi connectivity index (χ0v) is 26.2. The molecule has 13 heteroatoms. The largest absolute Gasteiger partial charge is 0.481 e. The van der Waals surface area contributed by atoms with Gasteiger partial charge in [-0.2, -0.15) is 0 Å². The van der Waals surface area contributed by atoms with Gasteiger partial charge in [0.25, 0.3) is 5.91 Å². The molecule has 45 heavy (non-hydrogen) atoms. The van der Waals surface area contributed by atoms with Crippen LogP contribution in [0.2, 0.25) is 0 Å². The number of hydrogen-bond donors (Lipinski definition) is 3. The van der Waals surface area contributed by atoms with Gasteiger partial charge < -0.3 is 29.7 Å². The first-order valence-electron chi connectivity index (χ1n) is 14.8. The van der Waals surface area contributed by atoms with Crippen molar-refractivity contribution in [3.8, 4) is 5.88 Å². The fraction of sp³-hybridized carbons (Fsp3) is 0.406. The lowest BCUT2D eigenvalue weighted by Gasteiger charge is -2.28. The van der Waals surface area contributed by atoms with E-state index in [1.165, 1.54) is 7.11 Å². The average Bonchev–Trinajstić information content (AvgIpc) is 3.02. The summed E-state index contributed by atoms with van der Waals surface area (Å²) in [6.07, 6.45) is 3.27. The maximum atomic E-state index is 13.3. The average molecular weight is 620 g/mol. The molecule has 1 aliphatic rings. The molecule has 1 aromatic carbocycles. The topological polar surface area (TPSA) is 147 Å². The first-order valence-corrected chi connectivity index (χ1v) is 14.8. The highest BCUT2D eigenvalue weighted by Gasteiger charge is 2.19. The summed E-state index contributed by atoms with van der Waals surface area (Å²) in [6.45, 7) is 10.1. The summed E-state index contributed by atoms with van der Waals surface area (Å²) in [4.78, 5) is 51.2. The predicted octanol–water partition coefficient (Wildman–Crippen LogP) is 4.84. The van der Waals surface area contributed by atoms with Crippen LogP contribution in [0.5, 0.6) is 5.88 Å². The smallest absolute Gasteiger partial charge is 0.412 e. The Morgan fingerprint density at radius 1 is 0.933 bits per heavy atom. The van der Waals surface area contributed by atoms with Crippen LogP contribution < -0.4 is 20.7 Å². The lowest BCUT2D eigenvalue weighted by Crippen LogP contribution is -2.40. The minimum atomic E-state index is -0.667. The Morgan fingerprint density at radius 3 is 2.29 bits per heavy atom. The molecule has 1 fully saturated rings. The minimum absolute atomic E-state index is 0.179. The van der Waals surface area contributed by atoms with E-state index in [-0.39, 0.29) is 18.3 Å². The normalized spacial score (nSPS) is 13.4. The van der Waals surface area contributed by atoms with Crippen molar-refractivity contribution >= 4 is 35.1 Å². The molecule has 0 spiro atoms. The molecule has 0 radical (unpaired) electrons. The molecule has 240 valence electrons. The van der Waals surface area contributed by atoms with Gasteiger partial charge in [-0.25, -0.2) is 14.6 Å². The SMILES string of the molecule is COc1ccc(NC(=O)N(CCCN2CCOCC2)Cc2ccc(C(=O)Nc3ccccc3NC(=O)OC(C)(C)C)nc2)cn1. The number of rotatable bonds is 11. The third-order valence-corrected chi connectivity index (χ3v) is 6.73. The Morgan fingerprint density at radius 2 is 1.67 bits per heavy atom. The Hall–Kier alpha value is -4.75. The number of benzene rings is 1. The van der Waals surface area contributed by atoms with Crippen molar-refractivity contribution in [3.63, 3.8) is 0 Å². The number of nitrogens with one attached hydrogen (secondary N) is 3. The molecular formula is C32H41N7O6. The fourth-order valence-electron chi connectivity index (χ4n) is 4.51. The van der Waals surface area contributed by atoms with Gasteiger partial charge in [0, 0.05) is 45.0 Å². The van der Waals surface area contributed by atoms with E-state index in [1.807, 2.05) is 0 Å². The number of amides is 4. The lowest BCUT2D eigenvalue weighted by molar-refractivity contribution is 0.0365. The third kappa shape index (κ3) is 10.7. The summed E-state index contributed by atoms with van der Waals surface area (Å²) in [5.41, 5.74) is 1.61. The molecule has 4 rings (SSSR count). The second kappa shape index (κ2) is 15.8. The summed E-state index contributed by atoms with van der Waals surface area (Å²) in [6, 6.07) is 13.3. The highest BCUT2D eigenvalue weighted by Crippen LogP contribution is 2.23. The highest BCUT2D eigenvalue weighted by molar-refractivity contribution is 6.05. The maximum Gasteiger partial charge on any atom is 0.412 e. The van der Waals surface area contributed by atoms with Crippen LogP contribution >= 0.6 is 0 Å². The van der Waals surface area contributed by atoms with Gasteiger partial charge in [0.2, 0.25) is 5.88 Å². The van der Waals surface area contributed by atoms with Crippen molar-refractivity contribution in [1.82, 2.24) is 19.8 Å². The van der Waals surface area contributed by atoms with E-state index in [1.54, 1.807) is 86.6 Å². The molecule has 0 unspecified atom stereocenters. The van der Waals surface area contributed by atoms with E-state index in [4.69, 9.17) is 14.2 Å². The number of urea groups is 1. The number of carbonyl (C=O) groups is 3. The van der Waals surface area contributed by atoms with Crippen LogP contribution in [0.3, 0.4) is 0 Å². The summed E-state index contributed by atoms with van der Waals surface area (Å²) in [5, 5.41) is 8.36. The zero-order chi connectivity index (χ0) is 32.2. The van der Waals surface area contributed by atoms with Crippen LogP contribution in [-0.4, -0.2) is 89.9 Å². The molecule has 1 saturated heterocycles. The number of methoxy groups -OCH3 is 1. The Kier molecular flexibility index (Phi) is 11.7. The van der Waals surface area contributed by atoms with E-state index < -0.39 is 17.6 Å². The molecule has 0 atom stereocenters. The van der Waals surface area contributed by atoms with Crippen LogP contribution in [0, 0.1) is 0 Å². The summed E-state index contributed by atoms with van der Waals surface area (Å²) < 4.78 is 15.9. The highest BCUT2D eigenvalue weighted by atomic mass is 16.6. The molecule has 13 nitrogen and oxygen atoms in total. The van der Waals surface area contributed by atoms with Gasteiger partial charge in [-0.05, 0) is 57.0 Å². The first kappa shape index (κ1) is 33.1. The van der Waals surface area contributed by atoms with Crippen LogP contribution in [0.4, 0.5) is 26.7 Å². The van der Waals surface area contributed by atoms with E-state index in [2.05, 4.69) is 30.8 Å². The molecule has 3 aromatic rings. The Balaban J connectivity index is 1.40. The van der Waals surface area contributed by atoms with Crippen LogP contribution in [0.1, 0.15) is 43.2 Å².